The molecule has 0 heterocycles. The van der Waals surface area contributed by atoms with Crippen molar-refractivity contribution in [1.29, 1.82) is 0 Å². The Balaban J connectivity index is 2.68. The molecule has 0 radical (unpaired) electrons. The van der Waals surface area contributed by atoms with Gasteiger partial charge in [0, 0.05) is 5.69 Å². The summed E-state index contributed by atoms with van der Waals surface area (Å²) in [6.07, 6.45) is -0.967. The molecule has 9 nitrogen and oxygen atoms in total. The van der Waals surface area contributed by atoms with Crippen LogP contribution in [0.1, 0.15) is 0 Å². The van der Waals surface area contributed by atoms with E-state index in [0.717, 1.165) is 4.90 Å². The van der Waals surface area contributed by atoms with E-state index < -0.39 is 24.6 Å². The smallest absolute Gasteiger partial charge is 0.404 e. The number of hydrogen-bond donors (Lipinski definition) is 4. The first kappa shape index (κ1) is 16.1. The van der Waals surface area contributed by atoms with Crippen LogP contribution in [0.2, 0.25) is 0 Å². The first-order chi connectivity index (χ1) is 9.90. The summed E-state index contributed by atoms with van der Waals surface area (Å²) in [6, 6.07) is 4.77. The van der Waals surface area contributed by atoms with Crippen LogP contribution < -0.4 is 16.0 Å². The van der Waals surface area contributed by atoms with Gasteiger partial charge in [0.15, 0.2) is 0 Å². The van der Waals surface area contributed by atoms with Crippen LogP contribution in [0.25, 0.3) is 0 Å². The molecule has 3 amide bonds. The Kier molecular flexibility index (Phi) is 5.80. The number of carboxylic acid groups (broad SMARTS) is 1. The molecular weight excluding hydrogens is 282 g/mol. The molecule has 0 bridgehead atoms. The number of aliphatic carboxylic acids is 1. The van der Waals surface area contributed by atoms with Crippen molar-refractivity contribution in [3.8, 4) is 5.75 Å². The number of phenols is 1. The Bertz CT molecular complexity index is 516. The molecule has 0 saturated carbocycles. The number of carbonyl (C=O) groups excluding carboxylic acids is 2. The highest BCUT2D eigenvalue weighted by Crippen LogP contribution is 2.18. The third kappa shape index (κ3) is 5.68. The molecule has 0 fully saturated rings. The van der Waals surface area contributed by atoms with Crippen LogP contribution in [0.4, 0.5) is 15.3 Å². The number of nitrogens with one attached hydrogen (secondary N) is 1. The van der Waals surface area contributed by atoms with Gasteiger partial charge in [-0.25, -0.2) is 9.59 Å². The molecule has 1 aromatic rings. The topological polar surface area (TPSA) is 142 Å². The number of hydrogen-bond acceptors (Lipinski definition) is 5. The van der Waals surface area contributed by atoms with E-state index >= 15 is 0 Å². The van der Waals surface area contributed by atoms with Gasteiger partial charge in [-0.05, 0) is 24.3 Å². The predicted molar refractivity (Wildman–Crippen MR) is 72.0 cm³/mol. The Labute approximate surface area is 119 Å². The Morgan fingerprint density at radius 3 is 2.38 bits per heavy atom. The summed E-state index contributed by atoms with van der Waals surface area (Å²) in [5.41, 5.74) is 5.05. The minimum Gasteiger partial charge on any atom is -0.508 e. The summed E-state index contributed by atoms with van der Waals surface area (Å²) >= 11 is 0. The fraction of sp³-hybridized carbons (Fsp3) is 0.250. The fourth-order valence-electron chi connectivity index (χ4n) is 1.45. The number of primary amides is 1. The third-order valence-corrected chi connectivity index (χ3v) is 2.32. The number of nitrogens with two attached hydrogens (primary N) is 1. The second-order valence-corrected chi connectivity index (χ2v) is 3.90. The van der Waals surface area contributed by atoms with Gasteiger partial charge in [0.05, 0.1) is 6.54 Å². The molecule has 21 heavy (non-hydrogen) atoms. The monoisotopic (exact) mass is 297 g/mol. The maximum Gasteiger partial charge on any atom is 0.404 e. The molecule has 0 saturated heterocycles. The molecule has 0 atom stereocenters. The summed E-state index contributed by atoms with van der Waals surface area (Å²) < 4.78 is 4.43. The normalized spacial score (nSPS) is 9.71. The first-order valence-electron chi connectivity index (χ1n) is 5.88. The molecule has 0 spiro atoms. The van der Waals surface area contributed by atoms with E-state index in [1.165, 1.54) is 24.3 Å². The van der Waals surface area contributed by atoms with Crippen LogP contribution in [-0.2, 0) is 9.53 Å². The van der Waals surface area contributed by atoms with E-state index in [2.05, 4.69) is 10.1 Å². The fourth-order valence-corrected chi connectivity index (χ4v) is 1.45. The number of amides is 3. The first-order valence-corrected chi connectivity index (χ1v) is 5.88. The molecule has 0 aromatic heterocycles. The number of rotatable bonds is 6. The van der Waals surface area contributed by atoms with Crippen LogP contribution in [0.5, 0.6) is 5.75 Å². The van der Waals surface area contributed by atoms with Crippen LogP contribution in [0.3, 0.4) is 0 Å². The number of nitrogens with zero attached hydrogens (tertiary/aromatic N) is 1. The van der Waals surface area contributed by atoms with Gasteiger partial charge in [-0.15, -0.1) is 0 Å². The van der Waals surface area contributed by atoms with Crippen molar-refractivity contribution in [2.24, 2.45) is 5.73 Å². The van der Waals surface area contributed by atoms with Gasteiger partial charge in [0.25, 0.3) is 0 Å². The maximum absolute atomic E-state index is 11.9. The van der Waals surface area contributed by atoms with Crippen LogP contribution in [0.15, 0.2) is 24.3 Å². The van der Waals surface area contributed by atoms with Crippen molar-refractivity contribution in [3.05, 3.63) is 24.3 Å². The van der Waals surface area contributed by atoms with Crippen molar-refractivity contribution < 1.29 is 29.3 Å². The lowest BCUT2D eigenvalue weighted by Gasteiger charge is -2.21. The van der Waals surface area contributed by atoms with Crippen molar-refractivity contribution in [3.63, 3.8) is 0 Å². The molecule has 5 N–H and O–H groups in total. The number of urea groups is 1. The zero-order valence-electron chi connectivity index (χ0n) is 11.0. The number of aromatic hydroxyl groups is 1. The standard InChI is InChI=1S/C12H15N3O6/c13-11(19)21-6-5-14-12(20)15(7-10(17)18)8-1-3-9(16)4-2-8/h1-4,16H,5-7H2,(H2,13,19)(H,14,20)(H,17,18). The zero-order valence-corrected chi connectivity index (χ0v) is 11.0. The van der Waals surface area contributed by atoms with Gasteiger partial charge in [0.1, 0.15) is 18.9 Å². The number of carboxylic acids is 1. The van der Waals surface area contributed by atoms with Crippen molar-refractivity contribution in [2.75, 3.05) is 24.6 Å². The SMILES string of the molecule is NC(=O)OCCNC(=O)N(CC(=O)O)c1ccc(O)cc1. The highest BCUT2D eigenvalue weighted by molar-refractivity contribution is 5.96. The largest absolute Gasteiger partial charge is 0.508 e. The van der Waals surface area contributed by atoms with Gasteiger partial charge in [-0.1, -0.05) is 0 Å². The number of benzene rings is 1. The van der Waals surface area contributed by atoms with E-state index in [4.69, 9.17) is 10.8 Å². The van der Waals surface area contributed by atoms with E-state index in [0.29, 0.717) is 5.69 Å². The minimum absolute atomic E-state index is 0.00992. The summed E-state index contributed by atoms with van der Waals surface area (Å²) in [5, 5.41) is 20.4. The summed E-state index contributed by atoms with van der Waals surface area (Å²) in [4.78, 5) is 34.1. The molecule has 0 unspecified atom stereocenters. The van der Waals surface area contributed by atoms with E-state index in [1.807, 2.05) is 0 Å². The Morgan fingerprint density at radius 1 is 1.24 bits per heavy atom. The van der Waals surface area contributed by atoms with E-state index in [1.54, 1.807) is 0 Å². The molecule has 114 valence electrons. The van der Waals surface area contributed by atoms with Gasteiger partial charge in [-0.2, -0.15) is 0 Å². The minimum atomic E-state index is -1.20. The number of anilines is 1. The molecular formula is C12H15N3O6. The molecule has 0 aliphatic carbocycles. The van der Waals surface area contributed by atoms with Crippen LogP contribution in [0, 0.1) is 0 Å². The molecule has 0 aliphatic heterocycles. The van der Waals surface area contributed by atoms with Gasteiger partial charge >= 0.3 is 18.1 Å². The second kappa shape index (κ2) is 7.58. The maximum atomic E-state index is 11.9. The van der Waals surface area contributed by atoms with Crippen LogP contribution >= 0.6 is 0 Å². The van der Waals surface area contributed by atoms with Crippen molar-refractivity contribution in [2.45, 2.75) is 0 Å². The van der Waals surface area contributed by atoms with Gasteiger partial charge in [0.2, 0.25) is 0 Å². The van der Waals surface area contributed by atoms with E-state index in [-0.39, 0.29) is 18.9 Å². The second-order valence-electron chi connectivity index (χ2n) is 3.90. The van der Waals surface area contributed by atoms with Crippen molar-refractivity contribution in [1.82, 2.24) is 5.32 Å². The average molecular weight is 297 g/mol. The molecule has 0 aliphatic rings. The molecule has 9 heteroatoms. The van der Waals surface area contributed by atoms with Crippen molar-refractivity contribution >= 4 is 23.8 Å². The Hall–Kier alpha value is -2.97. The lowest BCUT2D eigenvalue weighted by molar-refractivity contribution is -0.135. The van der Waals surface area contributed by atoms with E-state index in [9.17, 15) is 19.5 Å². The molecule has 1 aromatic carbocycles. The summed E-state index contributed by atoms with van der Waals surface area (Å²) in [7, 11) is 0. The predicted octanol–water partition coefficient (Wildman–Crippen LogP) is 0.0881. The third-order valence-electron chi connectivity index (χ3n) is 2.32. The lowest BCUT2D eigenvalue weighted by atomic mass is 10.3. The summed E-state index contributed by atoms with van der Waals surface area (Å²) in [5.74, 6) is -1.21. The highest BCUT2D eigenvalue weighted by atomic mass is 16.5. The summed E-state index contributed by atoms with van der Waals surface area (Å²) in [6.45, 7) is -0.708. The lowest BCUT2D eigenvalue weighted by Crippen LogP contribution is -2.44. The number of ether oxygens (including phenoxy) is 1. The average Bonchev–Trinajstić information content (AvgIpc) is 2.41. The number of carbonyl (C=O) groups is 3. The Morgan fingerprint density at radius 2 is 1.86 bits per heavy atom. The number of phenolic OH excluding ortho intramolecular Hbond substituents is 1. The van der Waals surface area contributed by atoms with Crippen LogP contribution in [-0.4, -0.2) is 48.0 Å². The zero-order chi connectivity index (χ0) is 15.8. The van der Waals surface area contributed by atoms with Gasteiger partial charge in [-0.3, -0.25) is 9.69 Å². The molecule has 1 rings (SSSR count). The quantitative estimate of drug-likeness (QED) is 0.548. The highest BCUT2D eigenvalue weighted by Gasteiger charge is 2.18. The van der Waals surface area contributed by atoms with Gasteiger partial charge < -0.3 is 26.0 Å².